The fraction of sp³-hybridized carbons (Fsp3) is 0. The van der Waals surface area contributed by atoms with Crippen LogP contribution in [-0.4, -0.2) is 0 Å². The number of nitrogens with zero attached hydrogens (tertiary/aromatic N) is 1. The van der Waals surface area contributed by atoms with Gasteiger partial charge in [-0.25, -0.2) is 0 Å². The number of rotatable bonds is 6. The SMILES string of the molecule is c1ccc(-c2ccc3ccc(-c4ccc(N(c5ccc(-c6cccc7sc8ccc9c%10ccccc%10sc9c8c67)cc5)c5cccc6c5sc5ccccc56)cc4)cc3c2)cc1. The summed E-state index contributed by atoms with van der Waals surface area (Å²) in [5.74, 6) is 0. The summed E-state index contributed by atoms with van der Waals surface area (Å²) in [5.41, 5.74) is 10.8. The molecule has 10 aromatic carbocycles. The van der Waals surface area contributed by atoms with Crippen LogP contribution in [0.5, 0.6) is 0 Å². The van der Waals surface area contributed by atoms with Gasteiger partial charge in [-0.05, 0) is 111 Å². The minimum Gasteiger partial charge on any atom is -0.309 e. The lowest BCUT2D eigenvalue weighted by Crippen LogP contribution is -2.10. The quantitative estimate of drug-likeness (QED) is 0.161. The summed E-state index contributed by atoms with van der Waals surface area (Å²) in [6.45, 7) is 0. The van der Waals surface area contributed by atoms with Gasteiger partial charge in [-0.15, -0.1) is 34.0 Å². The standard InChI is InChI=1S/C58H35NS3/c1-2-10-36(11-3-1)40-22-20-38-21-23-41(35-42(38)34-40)37-24-28-43(29-25-37)59(50-16-8-15-48-46-12-4-6-17-51(46)61-57(48)50)44-30-26-39(27-31-44)45-14-9-19-53-55(45)56-54(60-53)33-32-49-47-13-5-7-18-52(47)62-58(49)56/h1-35H. The Kier molecular flexibility index (Phi) is 8.20. The Hall–Kier alpha value is -7.08. The molecule has 290 valence electrons. The molecule has 0 spiro atoms. The van der Waals surface area contributed by atoms with Crippen LogP contribution in [0.2, 0.25) is 0 Å². The smallest absolute Gasteiger partial charge is 0.0640 e. The van der Waals surface area contributed by atoms with E-state index in [1.54, 1.807) is 0 Å². The molecule has 0 bridgehead atoms. The Morgan fingerprint density at radius 3 is 1.53 bits per heavy atom. The van der Waals surface area contributed by atoms with Crippen LogP contribution >= 0.6 is 34.0 Å². The van der Waals surface area contributed by atoms with Gasteiger partial charge in [-0.2, -0.15) is 0 Å². The highest BCUT2D eigenvalue weighted by molar-refractivity contribution is 7.30. The summed E-state index contributed by atoms with van der Waals surface area (Å²) in [4.78, 5) is 2.44. The van der Waals surface area contributed by atoms with Crippen molar-refractivity contribution in [1.82, 2.24) is 0 Å². The molecule has 0 atom stereocenters. The molecule has 0 saturated heterocycles. The van der Waals surface area contributed by atoms with E-state index in [0.29, 0.717) is 0 Å². The van der Waals surface area contributed by atoms with Crippen LogP contribution in [-0.2, 0) is 0 Å². The van der Waals surface area contributed by atoms with Crippen LogP contribution in [0, 0.1) is 0 Å². The van der Waals surface area contributed by atoms with Crippen molar-refractivity contribution in [3.63, 3.8) is 0 Å². The summed E-state index contributed by atoms with van der Waals surface area (Å²) in [6.07, 6.45) is 0. The Bertz CT molecular complexity index is 3850. The van der Waals surface area contributed by atoms with E-state index in [9.17, 15) is 0 Å². The molecule has 1 nitrogen and oxygen atoms in total. The topological polar surface area (TPSA) is 3.24 Å². The first-order valence-electron chi connectivity index (χ1n) is 21.0. The monoisotopic (exact) mass is 841 g/mol. The predicted octanol–water partition coefficient (Wildman–Crippen LogP) is 18.4. The van der Waals surface area contributed by atoms with Crippen molar-refractivity contribution < 1.29 is 0 Å². The molecule has 13 aromatic rings. The van der Waals surface area contributed by atoms with Crippen molar-refractivity contribution in [2.24, 2.45) is 0 Å². The first-order chi connectivity index (χ1) is 30.7. The van der Waals surface area contributed by atoms with Gasteiger partial charge in [0.1, 0.15) is 0 Å². The predicted molar refractivity (Wildman–Crippen MR) is 274 cm³/mol. The van der Waals surface area contributed by atoms with Gasteiger partial charge >= 0.3 is 0 Å². The average Bonchev–Trinajstić information content (AvgIpc) is 4.04. The number of hydrogen-bond donors (Lipinski definition) is 0. The van der Waals surface area contributed by atoms with E-state index in [2.05, 4.69) is 217 Å². The fourth-order valence-corrected chi connectivity index (χ4v) is 13.2. The zero-order chi connectivity index (χ0) is 40.7. The summed E-state index contributed by atoms with van der Waals surface area (Å²) in [5, 5.41) is 10.5. The second-order valence-corrected chi connectivity index (χ2v) is 19.2. The van der Waals surface area contributed by atoms with Crippen LogP contribution in [0.25, 0.3) is 105 Å². The second-order valence-electron chi connectivity index (χ2n) is 16.0. The van der Waals surface area contributed by atoms with Crippen LogP contribution in [0.1, 0.15) is 0 Å². The van der Waals surface area contributed by atoms with E-state index in [4.69, 9.17) is 0 Å². The van der Waals surface area contributed by atoms with Gasteiger partial charge < -0.3 is 4.90 Å². The molecule has 3 aromatic heterocycles. The third-order valence-corrected chi connectivity index (χ3v) is 16.0. The lowest BCUT2D eigenvalue weighted by atomic mass is 9.97. The summed E-state index contributed by atoms with van der Waals surface area (Å²) >= 11 is 5.69. The Morgan fingerprint density at radius 1 is 0.290 bits per heavy atom. The molecule has 3 heterocycles. The maximum atomic E-state index is 2.44. The van der Waals surface area contributed by atoms with Crippen molar-refractivity contribution in [2.45, 2.75) is 0 Å². The van der Waals surface area contributed by atoms with Gasteiger partial charge in [0, 0.05) is 67.2 Å². The molecule has 0 aliphatic rings. The lowest BCUT2D eigenvalue weighted by Gasteiger charge is -2.26. The molecule has 4 heteroatoms. The number of anilines is 3. The van der Waals surface area contributed by atoms with Crippen LogP contribution in [0.4, 0.5) is 17.1 Å². The zero-order valence-corrected chi connectivity index (χ0v) is 35.8. The normalized spacial score (nSPS) is 11.9. The fourth-order valence-electron chi connectivity index (χ4n) is 9.49. The minimum absolute atomic E-state index is 1.12. The average molecular weight is 842 g/mol. The molecule has 0 N–H and O–H groups in total. The first-order valence-corrected chi connectivity index (χ1v) is 23.4. The van der Waals surface area contributed by atoms with Gasteiger partial charge in [0.05, 0.1) is 10.4 Å². The van der Waals surface area contributed by atoms with E-state index in [0.717, 1.165) is 11.4 Å². The third-order valence-electron chi connectivity index (χ3n) is 12.5. The zero-order valence-electron chi connectivity index (χ0n) is 33.4. The molecule has 0 fully saturated rings. The molecule has 0 aliphatic carbocycles. The van der Waals surface area contributed by atoms with Crippen LogP contribution in [0.3, 0.4) is 0 Å². The largest absolute Gasteiger partial charge is 0.309 e. The van der Waals surface area contributed by atoms with Crippen molar-refractivity contribution in [2.75, 3.05) is 4.90 Å². The second kappa shape index (κ2) is 14.3. The van der Waals surface area contributed by atoms with Crippen LogP contribution < -0.4 is 4.90 Å². The van der Waals surface area contributed by atoms with E-state index in [-0.39, 0.29) is 0 Å². The van der Waals surface area contributed by atoms with Gasteiger partial charge in [-0.3, -0.25) is 0 Å². The lowest BCUT2D eigenvalue weighted by molar-refractivity contribution is 1.30. The number of fused-ring (bicyclic) bond motifs is 11. The molecular formula is C58H35NS3. The van der Waals surface area contributed by atoms with Crippen molar-refractivity contribution >= 4 is 122 Å². The highest BCUT2D eigenvalue weighted by Crippen LogP contribution is 2.49. The number of hydrogen-bond acceptors (Lipinski definition) is 4. The highest BCUT2D eigenvalue weighted by atomic mass is 32.1. The van der Waals surface area contributed by atoms with E-state index in [1.807, 2.05) is 34.0 Å². The summed E-state index contributed by atoms with van der Waals surface area (Å²) < 4.78 is 7.98. The number of thiophene rings is 3. The Labute approximate surface area is 370 Å². The molecule has 0 amide bonds. The van der Waals surface area contributed by atoms with Crippen molar-refractivity contribution in [1.29, 1.82) is 0 Å². The minimum atomic E-state index is 1.12. The maximum absolute atomic E-state index is 2.44. The third kappa shape index (κ3) is 5.72. The molecule has 0 saturated carbocycles. The molecule has 13 rings (SSSR count). The van der Waals surface area contributed by atoms with E-state index < -0.39 is 0 Å². The van der Waals surface area contributed by atoms with Gasteiger partial charge in [0.2, 0.25) is 0 Å². The maximum Gasteiger partial charge on any atom is 0.0640 e. The summed E-state index contributed by atoms with van der Waals surface area (Å²) in [7, 11) is 0. The first kappa shape index (κ1) is 35.7. The molecule has 0 unspecified atom stereocenters. The Balaban J connectivity index is 0.934. The molecule has 0 aliphatic heterocycles. The van der Waals surface area contributed by atoms with Gasteiger partial charge in [-0.1, -0.05) is 146 Å². The number of benzene rings is 10. The molecule has 0 radical (unpaired) electrons. The van der Waals surface area contributed by atoms with E-state index >= 15 is 0 Å². The van der Waals surface area contributed by atoms with Gasteiger partial charge in [0.15, 0.2) is 0 Å². The van der Waals surface area contributed by atoms with Gasteiger partial charge in [0.25, 0.3) is 0 Å². The van der Waals surface area contributed by atoms with Crippen molar-refractivity contribution in [3.8, 4) is 33.4 Å². The summed E-state index contributed by atoms with van der Waals surface area (Å²) in [6, 6.07) is 78.4. The molecular weight excluding hydrogens is 807 g/mol. The van der Waals surface area contributed by atoms with Crippen LogP contribution in [0.15, 0.2) is 212 Å². The molecule has 62 heavy (non-hydrogen) atoms. The highest BCUT2D eigenvalue weighted by Gasteiger charge is 2.20. The Morgan fingerprint density at radius 2 is 0.823 bits per heavy atom. The van der Waals surface area contributed by atoms with E-state index in [1.165, 1.54) is 110 Å². The van der Waals surface area contributed by atoms with Crippen molar-refractivity contribution in [3.05, 3.63) is 212 Å².